The van der Waals surface area contributed by atoms with Gasteiger partial charge in [-0.1, -0.05) is 12.1 Å². The zero-order valence-electron chi connectivity index (χ0n) is 12.5. The number of aryl methyl sites for hydroxylation is 1. The molecule has 1 heterocycles. The summed E-state index contributed by atoms with van der Waals surface area (Å²) in [5.41, 5.74) is 1.32. The molecule has 0 saturated carbocycles. The van der Waals surface area contributed by atoms with Gasteiger partial charge in [0.05, 0.1) is 7.11 Å². The quantitative estimate of drug-likeness (QED) is 0.840. The average molecular weight is 273 g/mol. The predicted molar refractivity (Wildman–Crippen MR) is 81.1 cm³/mol. The zero-order valence-corrected chi connectivity index (χ0v) is 12.5. The van der Waals surface area contributed by atoms with Gasteiger partial charge in [0, 0.05) is 38.4 Å². The van der Waals surface area contributed by atoms with Crippen LogP contribution in [-0.4, -0.2) is 29.2 Å². The summed E-state index contributed by atoms with van der Waals surface area (Å²) in [7, 11) is 3.72. The third-order valence-corrected chi connectivity index (χ3v) is 3.46. The number of hydrogen-bond donors (Lipinski definition) is 1. The van der Waals surface area contributed by atoms with Crippen LogP contribution in [0.4, 0.5) is 0 Å². The van der Waals surface area contributed by atoms with Crippen molar-refractivity contribution >= 4 is 0 Å². The molecule has 1 N–H and O–H groups in total. The van der Waals surface area contributed by atoms with Gasteiger partial charge in [0.1, 0.15) is 11.6 Å². The lowest BCUT2D eigenvalue weighted by Crippen LogP contribution is -2.30. The fraction of sp³-hybridized carbons (Fsp3) is 0.438. The Morgan fingerprint density at radius 3 is 2.65 bits per heavy atom. The summed E-state index contributed by atoms with van der Waals surface area (Å²) in [6.45, 7) is 3.16. The molecule has 1 unspecified atom stereocenters. The van der Waals surface area contributed by atoms with Crippen molar-refractivity contribution < 1.29 is 4.74 Å². The largest absolute Gasteiger partial charge is 0.497 e. The van der Waals surface area contributed by atoms with Crippen LogP contribution in [0.15, 0.2) is 36.7 Å². The van der Waals surface area contributed by atoms with Gasteiger partial charge in [0.25, 0.3) is 0 Å². The molecule has 1 atom stereocenters. The van der Waals surface area contributed by atoms with Crippen LogP contribution in [0.5, 0.6) is 5.75 Å². The van der Waals surface area contributed by atoms with Crippen molar-refractivity contribution in [1.82, 2.24) is 14.9 Å². The van der Waals surface area contributed by atoms with Crippen molar-refractivity contribution in [3.05, 3.63) is 48.0 Å². The molecule has 0 saturated heterocycles. The van der Waals surface area contributed by atoms with E-state index >= 15 is 0 Å². The molecule has 0 radical (unpaired) electrons. The van der Waals surface area contributed by atoms with Crippen LogP contribution in [0.1, 0.15) is 18.3 Å². The third-order valence-electron chi connectivity index (χ3n) is 3.46. The minimum atomic E-state index is 0.448. The lowest BCUT2D eigenvalue weighted by molar-refractivity contribution is 0.414. The maximum absolute atomic E-state index is 5.17. The monoisotopic (exact) mass is 273 g/mol. The maximum atomic E-state index is 5.17. The number of nitrogens with zero attached hydrogens (tertiary/aromatic N) is 2. The van der Waals surface area contributed by atoms with Crippen LogP contribution >= 0.6 is 0 Å². The molecular formula is C16H23N3O. The molecule has 20 heavy (non-hydrogen) atoms. The summed E-state index contributed by atoms with van der Waals surface area (Å²) in [5.74, 6) is 2.03. The Morgan fingerprint density at radius 1 is 1.30 bits per heavy atom. The molecule has 2 aromatic rings. The van der Waals surface area contributed by atoms with Crippen LogP contribution in [0.25, 0.3) is 0 Å². The van der Waals surface area contributed by atoms with Gasteiger partial charge in [-0.05, 0) is 31.0 Å². The van der Waals surface area contributed by atoms with Gasteiger partial charge >= 0.3 is 0 Å². The summed E-state index contributed by atoms with van der Waals surface area (Å²) >= 11 is 0. The number of nitrogens with one attached hydrogen (secondary N) is 1. The van der Waals surface area contributed by atoms with E-state index in [1.807, 2.05) is 31.6 Å². The molecule has 4 nitrogen and oxygen atoms in total. The Bertz CT molecular complexity index is 519. The number of aromatic nitrogens is 2. The van der Waals surface area contributed by atoms with Crippen LogP contribution in [0, 0.1) is 0 Å². The van der Waals surface area contributed by atoms with Gasteiger partial charge < -0.3 is 14.6 Å². The highest BCUT2D eigenvalue weighted by Crippen LogP contribution is 2.12. The summed E-state index contributed by atoms with van der Waals surface area (Å²) < 4.78 is 7.23. The summed E-state index contributed by atoms with van der Waals surface area (Å²) in [4.78, 5) is 4.32. The summed E-state index contributed by atoms with van der Waals surface area (Å²) in [6, 6.07) is 8.71. The van der Waals surface area contributed by atoms with E-state index in [0.29, 0.717) is 6.04 Å². The molecule has 0 aliphatic carbocycles. The molecular weight excluding hydrogens is 250 g/mol. The smallest absolute Gasteiger partial charge is 0.118 e. The van der Waals surface area contributed by atoms with Crippen molar-refractivity contribution in [2.45, 2.75) is 25.8 Å². The molecule has 2 rings (SSSR count). The lowest BCUT2D eigenvalue weighted by atomic mass is 10.1. The number of ether oxygens (including phenoxy) is 1. The first-order chi connectivity index (χ1) is 9.69. The third kappa shape index (κ3) is 4.10. The molecule has 0 aliphatic heterocycles. The van der Waals surface area contributed by atoms with E-state index in [1.54, 1.807) is 7.11 Å². The van der Waals surface area contributed by atoms with Gasteiger partial charge in [-0.2, -0.15) is 0 Å². The zero-order chi connectivity index (χ0) is 14.4. The second-order valence-corrected chi connectivity index (χ2v) is 5.11. The fourth-order valence-electron chi connectivity index (χ4n) is 2.26. The van der Waals surface area contributed by atoms with Gasteiger partial charge in [0.2, 0.25) is 0 Å². The van der Waals surface area contributed by atoms with Gasteiger partial charge in [-0.3, -0.25) is 0 Å². The second kappa shape index (κ2) is 7.10. The predicted octanol–water partition coefficient (Wildman–Crippen LogP) is 2.19. The fourth-order valence-corrected chi connectivity index (χ4v) is 2.26. The number of methoxy groups -OCH3 is 1. The number of imidazole rings is 1. The summed E-state index contributed by atoms with van der Waals surface area (Å²) in [5, 5.41) is 3.54. The van der Waals surface area contributed by atoms with E-state index in [0.717, 1.165) is 31.0 Å². The van der Waals surface area contributed by atoms with E-state index < -0.39 is 0 Å². The molecule has 1 aromatic carbocycles. The molecule has 0 spiro atoms. The van der Waals surface area contributed by atoms with Crippen molar-refractivity contribution in [3.63, 3.8) is 0 Å². The van der Waals surface area contributed by atoms with Crippen LogP contribution in [0.3, 0.4) is 0 Å². The molecule has 4 heteroatoms. The van der Waals surface area contributed by atoms with E-state index in [-0.39, 0.29) is 0 Å². The SMILES string of the molecule is COc1ccc(CC(C)NCCc2nccn2C)cc1. The van der Waals surface area contributed by atoms with E-state index in [9.17, 15) is 0 Å². The molecule has 0 fully saturated rings. The van der Waals surface area contributed by atoms with Gasteiger partial charge in [0.15, 0.2) is 0 Å². The highest BCUT2D eigenvalue weighted by Gasteiger charge is 2.04. The number of benzene rings is 1. The van der Waals surface area contributed by atoms with Gasteiger partial charge in [-0.25, -0.2) is 4.98 Å². The Labute approximate surface area is 120 Å². The molecule has 0 amide bonds. The molecule has 0 bridgehead atoms. The molecule has 1 aromatic heterocycles. The highest BCUT2D eigenvalue weighted by molar-refractivity contribution is 5.27. The number of rotatable bonds is 7. The number of hydrogen-bond acceptors (Lipinski definition) is 3. The first kappa shape index (κ1) is 14.6. The van der Waals surface area contributed by atoms with Crippen LogP contribution in [-0.2, 0) is 19.9 Å². The topological polar surface area (TPSA) is 39.1 Å². The molecule has 0 aliphatic rings. The van der Waals surface area contributed by atoms with Crippen molar-refractivity contribution in [1.29, 1.82) is 0 Å². The van der Waals surface area contributed by atoms with Crippen molar-refractivity contribution in [3.8, 4) is 5.75 Å². The van der Waals surface area contributed by atoms with Crippen molar-refractivity contribution in [2.24, 2.45) is 7.05 Å². The Hall–Kier alpha value is -1.81. The standard InChI is InChI=1S/C16H23N3O/c1-13(12-14-4-6-15(20-3)7-5-14)17-9-8-16-18-10-11-19(16)2/h4-7,10-11,13,17H,8-9,12H2,1-3H3. The van der Waals surface area contributed by atoms with E-state index in [4.69, 9.17) is 4.74 Å². The highest BCUT2D eigenvalue weighted by atomic mass is 16.5. The maximum Gasteiger partial charge on any atom is 0.118 e. The van der Waals surface area contributed by atoms with Crippen molar-refractivity contribution in [2.75, 3.05) is 13.7 Å². The normalized spacial score (nSPS) is 12.3. The Morgan fingerprint density at radius 2 is 2.05 bits per heavy atom. The van der Waals surface area contributed by atoms with Gasteiger partial charge in [-0.15, -0.1) is 0 Å². The molecule has 108 valence electrons. The minimum absolute atomic E-state index is 0.448. The lowest BCUT2D eigenvalue weighted by Gasteiger charge is -2.14. The summed E-state index contributed by atoms with van der Waals surface area (Å²) in [6.07, 6.45) is 5.80. The van der Waals surface area contributed by atoms with E-state index in [1.165, 1.54) is 5.56 Å². The Kier molecular flexibility index (Phi) is 5.18. The minimum Gasteiger partial charge on any atom is -0.497 e. The average Bonchev–Trinajstić information content (AvgIpc) is 2.85. The van der Waals surface area contributed by atoms with Crippen LogP contribution in [0.2, 0.25) is 0 Å². The first-order valence-electron chi connectivity index (χ1n) is 7.01. The first-order valence-corrected chi connectivity index (χ1v) is 7.01. The Balaban J connectivity index is 1.74. The second-order valence-electron chi connectivity index (χ2n) is 5.11. The van der Waals surface area contributed by atoms with E-state index in [2.05, 4.69) is 33.9 Å². The van der Waals surface area contributed by atoms with Crippen LogP contribution < -0.4 is 10.1 Å².